The third-order valence-electron chi connectivity index (χ3n) is 8.53. The molecule has 0 spiro atoms. The molecule has 1 aliphatic heterocycles. The lowest BCUT2D eigenvalue weighted by Crippen LogP contribution is -2.49. The van der Waals surface area contributed by atoms with Crippen molar-refractivity contribution in [3.8, 4) is 22.3 Å². The largest absolute Gasteiger partial charge is 0.113 e. The number of hydrogen-bond donors (Lipinski definition) is 0. The molecule has 0 N–H and O–H groups in total. The van der Waals surface area contributed by atoms with Crippen molar-refractivity contribution in [1.82, 2.24) is 0 Å². The molecule has 176 valence electrons. The Hall–Kier alpha value is -2.98. The van der Waals surface area contributed by atoms with Crippen molar-refractivity contribution in [2.45, 2.75) is 13.1 Å². The Balaban J connectivity index is 1.57. The van der Waals surface area contributed by atoms with E-state index in [0.717, 1.165) is 4.47 Å². The highest BCUT2D eigenvalue weighted by Crippen LogP contribution is 2.46. The molecule has 0 unspecified atom stereocenters. The van der Waals surface area contributed by atoms with E-state index in [1.165, 1.54) is 75.0 Å². The molecule has 0 amide bonds. The first-order chi connectivity index (χ1) is 17.9. The van der Waals surface area contributed by atoms with Crippen LogP contribution in [0.1, 0.15) is 0 Å². The van der Waals surface area contributed by atoms with Crippen molar-refractivity contribution in [1.29, 1.82) is 0 Å². The molecule has 0 saturated carbocycles. The summed E-state index contributed by atoms with van der Waals surface area (Å²) in [7, 11) is -1.85. The number of halogens is 2. The SMILES string of the molecule is C[Si]1(C)c2cc(Br)ccc2-c2c1cc1c3ccc(-c4ccc(Br)cc4)c4cccc(c5cccc2c51)c43. The van der Waals surface area contributed by atoms with Crippen molar-refractivity contribution >= 4 is 93.4 Å². The van der Waals surface area contributed by atoms with Crippen LogP contribution in [0, 0.1) is 0 Å². The van der Waals surface area contributed by atoms with Crippen LogP contribution >= 0.6 is 31.9 Å². The minimum atomic E-state index is -1.85. The van der Waals surface area contributed by atoms with E-state index in [4.69, 9.17) is 0 Å². The van der Waals surface area contributed by atoms with E-state index in [0.29, 0.717) is 0 Å². The van der Waals surface area contributed by atoms with E-state index in [1.54, 1.807) is 5.19 Å². The van der Waals surface area contributed by atoms with E-state index in [2.05, 4.69) is 142 Å². The Morgan fingerprint density at radius 1 is 0.486 bits per heavy atom. The minimum absolute atomic E-state index is 1.10. The molecule has 0 nitrogen and oxygen atoms in total. The van der Waals surface area contributed by atoms with Gasteiger partial charge < -0.3 is 0 Å². The minimum Gasteiger partial charge on any atom is -0.0616 e. The van der Waals surface area contributed by atoms with Crippen LogP contribution < -0.4 is 10.4 Å². The lowest BCUT2D eigenvalue weighted by Gasteiger charge is -2.22. The highest BCUT2D eigenvalue weighted by molar-refractivity contribution is 9.10. The van der Waals surface area contributed by atoms with Crippen LogP contribution in [-0.2, 0) is 0 Å². The van der Waals surface area contributed by atoms with Gasteiger partial charge in [0, 0.05) is 8.95 Å². The van der Waals surface area contributed by atoms with Crippen molar-refractivity contribution in [3.05, 3.63) is 106 Å². The van der Waals surface area contributed by atoms with Gasteiger partial charge in [0.05, 0.1) is 0 Å². The summed E-state index contributed by atoms with van der Waals surface area (Å²) in [6.07, 6.45) is 0. The zero-order valence-corrected chi connectivity index (χ0v) is 24.7. The van der Waals surface area contributed by atoms with Gasteiger partial charge in [0.25, 0.3) is 0 Å². The summed E-state index contributed by atoms with van der Waals surface area (Å²) in [5.41, 5.74) is 5.42. The fourth-order valence-electron chi connectivity index (χ4n) is 6.84. The van der Waals surface area contributed by atoms with Crippen molar-refractivity contribution < 1.29 is 0 Å². The third kappa shape index (κ3) is 2.88. The molecular weight excluding hydrogens is 596 g/mol. The molecule has 0 radical (unpaired) electrons. The normalized spacial score (nSPS) is 14.2. The Morgan fingerprint density at radius 3 is 1.84 bits per heavy atom. The van der Waals surface area contributed by atoms with Gasteiger partial charge in [-0.05, 0) is 100.0 Å². The summed E-state index contributed by atoms with van der Waals surface area (Å²) in [4.78, 5) is 0. The van der Waals surface area contributed by atoms with E-state index in [1.807, 2.05) is 0 Å². The first kappa shape index (κ1) is 22.0. The maximum Gasteiger partial charge on any atom is 0.113 e. The molecule has 1 aliphatic rings. The van der Waals surface area contributed by atoms with Crippen LogP contribution in [0.2, 0.25) is 13.1 Å². The molecule has 0 aromatic heterocycles. The predicted molar refractivity (Wildman–Crippen MR) is 171 cm³/mol. The van der Waals surface area contributed by atoms with Gasteiger partial charge >= 0.3 is 0 Å². The first-order valence-electron chi connectivity index (χ1n) is 12.7. The standard InChI is InChI=1S/C34H22Br2Si/c1-37(2)30-17-21(36)13-14-27(30)34-28-8-4-7-25-24-6-3-5-23-22(19-9-11-20(35)12-10-19)15-16-26(32(23)24)29(33(25)28)18-31(34)37/h3-18H,1-2H3. The molecule has 3 heteroatoms. The fraction of sp³-hybridized carbons (Fsp3) is 0.0588. The van der Waals surface area contributed by atoms with Gasteiger partial charge in [-0.15, -0.1) is 0 Å². The second kappa shape index (κ2) is 7.54. The fourth-order valence-corrected chi connectivity index (χ4v) is 10.8. The van der Waals surface area contributed by atoms with Gasteiger partial charge in [0.2, 0.25) is 0 Å². The number of benzene rings is 7. The molecule has 37 heavy (non-hydrogen) atoms. The van der Waals surface area contributed by atoms with E-state index in [-0.39, 0.29) is 0 Å². The van der Waals surface area contributed by atoms with Gasteiger partial charge in [-0.25, -0.2) is 0 Å². The molecule has 0 aliphatic carbocycles. The molecule has 7 aromatic carbocycles. The van der Waals surface area contributed by atoms with Crippen LogP contribution in [0.25, 0.3) is 65.3 Å². The Bertz CT molecular complexity index is 2070. The number of fused-ring (bicyclic) bond motifs is 6. The molecule has 0 atom stereocenters. The Morgan fingerprint density at radius 2 is 1.08 bits per heavy atom. The summed E-state index contributed by atoms with van der Waals surface area (Å²) >= 11 is 7.34. The quantitative estimate of drug-likeness (QED) is 0.0977. The summed E-state index contributed by atoms with van der Waals surface area (Å²) < 4.78 is 2.28. The highest BCUT2D eigenvalue weighted by Gasteiger charge is 2.39. The van der Waals surface area contributed by atoms with Crippen LogP contribution in [-0.4, -0.2) is 8.07 Å². The predicted octanol–water partition coefficient (Wildman–Crippen LogP) is 9.73. The van der Waals surface area contributed by atoms with Crippen LogP contribution in [0.15, 0.2) is 106 Å². The summed E-state index contributed by atoms with van der Waals surface area (Å²) in [6.45, 7) is 5.02. The molecule has 0 fully saturated rings. The second-order valence-electron chi connectivity index (χ2n) is 10.8. The van der Waals surface area contributed by atoms with E-state index in [9.17, 15) is 0 Å². The van der Waals surface area contributed by atoms with Crippen LogP contribution in [0.3, 0.4) is 0 Å². The molecule has 1 heterocycles. The van der Waals surface area contributed by atoms with Crippen molar-refractivity contribution in [2.24, 2.45) is 0 Å². The summed E-state index contributed by atoms with van der Waals surface area (Å²) in [5, 5.41) is 14.0. The first-order valence-corrected chi connectivity index (χ1v) is 17.2. The van der Waals surface area contributed by atoms with Gasteiger partial charge in [-0.1, -0.05) is 118 Å². The van der Waals surface area contributed by atoms with Crippen molar-refractivity contribution in [3.63, 3.8) is 0 Å². The average Bonchev–Trinajstić information content (AvgIpc) is 3.13. The van der Waals surface area contributed by atoms with Gasteiger partial charge in [0.15, 0.2) is 0 Å². The van der Waals surface area contributed by atoms with Gasteiger partial charge in [-0.2, -0.15) is 0 Å². The molecule has 7 aromatic rings. The summed E-state index contributed by atoms with van der Waals surface area (Å²) in [5.74, 6) is 0. The molecule has 0 bridgehead atoms. The van der Waals surface area contributed by atoms with Crippen LogP contribution in [0.5, 0.6) is 0 Å². The summed E-state index contributed by atoms with van der Waals surface area (Å²) in [6, 6.07) is 36.6. The highest BCUT2D eigenvalue weighted by atomic mass is 79.9. The zero-order chi connectivity index (χ0) is 25.1. The zero-order valence-electron chi connectivity index (χ0n) is 20.5. The van der Waals surface area contributed by atoms with Crippen molar-refractivity contribution in [2.75, 3.05) is 0 Å². The lowest BCUT2D eigenvalue weighted by atomic mass is 9.85. The van der Waals surface area contributed by atoms with E-state index >= 15 is 0 Å². The maximum absolute atomic E-state index is 3.75. The number of rotatable bonds is 1. The topological polar surface area (TPSA) is 0 Å². The molecule has 8 rings (SSSR count). The van der Waals surface area contributed by atoms with Gasteiger partial charge in [-0.3, -0.25) is 0 Å². The molecule has 0 saturated heterocycles. The molecular formula is C34H22Br2Si. The Labute approximate surface area is 233 Å². The maximum atomic E-state index is 3.75. The van der Waals surface area contributed by atoms with Gasteiger partial charge in [0.1, 0.15) is 8.07 Å². The lowest BCUT2D eigenvalue weighted by molar-refractivity contribution is 1.63. The average molecular weight is 618 g/mol. The smallest absolute Gasteiger partial charge is 0.0616 e. The van der Waals surface area contributed by atoms with E-state index < -0.39 is 8.07 Å². The monoisotopic (exact) mass is 616 g/mol. The third-order valence-corrected chi connectivity index (χ3v) is 13.1. The second-order valence-corrected chi connectivity index (χ2v) is 16.9. The van der Waals surface area contributed by atoms with Crippen LogP contribution in [0.4, 0.5) is 0 Å². The Kier molecular flexibility index (Phi) is 4.49. The number of hydrogen-bond acceptors (Lipinski definition) is 0.